The van der Waals surface area contributed by atoms with E-state index < -0.39 is 23.7 Å². The lowest BCUT2D eigenvalue weighted by molar-refractivity contribution is -0.137. The first-order valence-corrected chi connectivity index (χ1v) is 16.9. The molecule has 2 aromatic heterocycles. The van der Waals surface area contributed by atoms with Crippen LogP contribution in [0.5, 0.6) is 5.75 Å². The number of carbonyl (C=O) groups is 3. The van der Waals surface area contributed by atoms with Gasteiger partial charge in [0, 0.05) is 69.7 Å². The second-order valence-corrected chi connectivity index (χ2v) is 12.6. The maximum atomic E-state index is 14.0. The van der Waals surface area contributed by atoms with E-state index >= 15 is 0 Å². The number of aromatic nitrogens is 3. The normalized spacial score (nSPS) is 15.3. The molecule has 278 valence electrons. The van der Waals surface area contributed by atoms with E-state index in [-0.39, 0.29) is 41.6 Å². The Kier molecular flexibility index (Phi) is 10.9. The predicted molar refractivity (Wildman–Crippen MR) is 193 cm³/mol. The van der Waals surface area contributed by atoms with Crippen molar-refractivity contribution in [3.63, 3.8) is 0 Å². The number of hydrogen-bond donors (Lipinski definition) is 4. The Labute approximate surface area is 303 Å². The molecule has 17 heteroatoms. The number of benzene rings is 2. The Morgan fingerprint density at radius 3 is 2.43 bits per heavy atom. The fourth-order valence-corrected chi connectivity index (χ4v) is 6.35. The zero-order chi connectivity index (χ0) is 37.7. The Morgan fingerprint density at radius 2 is 1.75 bits per heavy atom. The Balaban J connectivity index is 1.09. The van der Waals surface area contributed by atoms with Gasteiger partial charge in [0.15, 0.2) is 5.82 Å². The van der Waals surface area contributed by atoms with Gasteiger partial charge in [0.2, 0.25) is 5.91 Å². The molecule has 0 radical (unpaired) electrons. The minimum atomic E-state index is -4.70. The topological polar surface area (TPSA) is 157 Å². The van der Waals surface area contributed by atoms with Gasteiger partial charge in [0.05, 0.1) is 41.0 Å². The standard InChI is InChI=1S/C36H39F3N10O4/c1-40-34(51)25-6-4-5-7-27(25)42-29-19-31(41-20-26(29)36(37,38)39)43-28-10-9-24(18-30(28)53-3)48-15-12-23(13-16-48)47(2)21-22-8-11-32(46-45-22)49-17-14-33(50)44-35(49)52/h4-11,18-20,23H,12-17,21H2,1-3H3,(H,40,51)(H2,41,42,43)(H,44,50,52). The SMILES string of the molecule is CNC(=O)c1ccccc1Nc1cc(Nc2ccc(N3CCC(N(C)Cc4ccc(N5CCC(=O)NC5=O)nn4)CC3)cc2OC)ncc1C(F)(F)F. The van der Waals surface area contributed by atoms with Gasteiger partial charge in [-0.15, -0.1) is 5.10 Å². The predicted octanol–water partition coefficient (Wildman–Crippen LogP) is 5.29. The number of nitrogens with one attached hydrogen (secondary N) is 4. The molecule has 0 spiro atoms. The van der Waals surface area contributed by atoms with Gasteiger partial charge in [0.25, 0.3) is 5.91 Å². The van der Waals surface area contributed by atoms with Crippen LogP contribution in [0.3, 0.4) is 0 Å². The Bertz CT molecular complexity index is 1970. The molecule has 14 nitrogen and oxygen atoms in total. The van der Waals surface area contributed by atoms with E-state index in [0.29, 0.717) is 29.8 Å². The highest BCUT2D eigenvalue weighted by molar-refractivity contribution is 6.05. The molecule has 2 aromatic carbocycles. The maximum Gasteiger partial charge on any atom is 0.419 e. The summed E-state index contributed by atoms with van der Waals surface area (Å²) >= 11 is 0. The van der Waals surface area contributed by atoms with Crippen molar-refractivity contribution >= 4 is 52.2 Å². The van der Waals surface area contributed by atoms with Crippen LogP contribution in [0.1, 0.15) is 40.9 Å². The van der Waals surface area contributed by atoms with Crippen molar-refractivity contribution < 1.29 is 32.3 Å². The van der Waals surface area contributed by atoms with Gasteiger partial charge >= 0.3 is 12.2 Å². The summed E-state index contributed by atoms with van der Waals surface area (Å²) in [5.41, 5.74) is 1.35. The van der Waals surface area contributed by atoms with Gasteiger partial charge in [0.1, 0.15) is 11.6 Å². The second kappa shape index (κ2) is 15.7. The molecule has 4 heterocycles. The molecule has 2 aliphatic rings. The number of piperidine rings is 1. The molecule has 0 atom stereocenters. The van der Waals surface area contributed by atoms with E-state index in [9.17, 15) is 27.6 Å². The fraction of sp³-hybridized carbons (Fsp3) is 0.333. The molecule has 0 bridgehead atoms. The number of para-hydroxylation sites is 1. The molecular formula is C36H39F3N10O4. The van der Waals surface area contributed by atoms with Crippen LogP contribution < -0.4 is 35.8 Å². The molecule has 4 N–H and O–H groups in total. The van der Waals surface area contributed by atoms with Gasteiger partial charge in [-0.25, -0.2) is 9.78 Å². The number of halogens is 3. The number of methoxy groups -OCH3 is 1. The lowest BCUT2D eigenvalue weighted by Crippen LogP contribution is -2.50. The van der Waals surface area contributed by atoms with Crippen LogP contribution in [0, 0.1) is 0 Å². The maximum absolute atomic E-state index is 14.0. The molecule has 53 heavy (non-hydrogen) atoms. The number of amides is 4. The fourth-order valence-electron chi connectivity index (χ4n) is 6.35. The van der Waals surface area contributed by atoms with E-state index in [1.54, 1.807) is 24.3 Å². The summed E-state index contributed by atoms with van der Waals surface area (Å²) in [5, 5.41) is 19.2. The van der Waals surface area contributed by atoms with Crippen molar-refractivity contribution in [1.82, 2.24) is 30.7 Å². The molecule has 0 aliphatic carbocycles. The Morgan fingerprint density at radius 1 is 0.981 bits per heavy atom. The van der Waals surface area contributed by atoms with Crippen molar-refractivity contribution in [2.24, 2.45) is 0 Å². The number of urea groups is 1. The first-order valence-electron chi connectivity index (χ1n) is 16.9. The summed E-state index contributed by atoms with van der Waals surface area (Å²) in [7, 11) is 5.01. The minimum Gasteiger partial charge on any atom is -0.494 e. The van der Waals surface area contributed by atoms with E-state index in [2.05, 4.69) is 46.2 Å². The average molecular weight is 733 g/mol. The van der Waals surface area contributed by atoms with E-state index in [1.165, 1.54) is 37.3 Å². The number of rotatable bonds is 11. The first kappa shape index (κ1) is 36.8. The number of pyridine rings is 1. The van der Waals surface area contributed by atoms with Crippen molar-refractivity contribution in [3.8, 4) is 5.75 Å². The molecule has 2 aliphatic heterocycles. The van der Waals surface area contributed by atoms with Crippen LogP contribution >= 0.6 is 0 Å². The third-order valence-corrected chi connectivity index (χ3v) is 9.23. The number of alkyl halides is 3. The number of imide groups is 1. The van der Waals surface area contributed by atoms with Crippen LogP contribution in [-0.2, 0) is 17.5 Å². The summed E-state index contributed by atoms with van der Waals surface area (Å²) < 4.78 is 47.7. The summed E-state index contributed by atoms with van der Waals surface area (Å²) in [6, 6.07) is 16.5. The number of hydrogen-bond acceptors (Lipinski definition) is 11. The monoisotopic (exact) mass is 732 g/mol. The van der Waals surface area contributed by atoms with E-state index in [0.717, 1.165) is 43.5 Å². The molecule has 2 saturated heterocycles. The highest BCUT2D eigenvalue weighted by Gasteiger charge is 2.35. The van der Waals surface area contributed by atoms with Crippen LogP contribution in [-0.4, -0.2) is 84.8 Å². The van der Waals surface area contributed by atoms with Crippen molar-refractivity contribution in [3.05, 3.63) is 83.7 Å². The summed E-state index contributed by atoms with van der Waals surface area (Å²) in [6.45, 7) is 2.40. The quantitative estimate of drug-likeness (QED) is 0.159. The number of carbonyl (C=O) groups excluding carboxylic acids is 3. The zero-order valence-corrected chi connectivity index (χ0v) is 29.3. The smallest absolute Gasteiger partial charge is 0.419 e. The zero-order valence-electron chi connectivity index (χ0n) is 29.3. The van der Waals surface area contributed by atoms with Crippen LogP contribution in [0.4, 0.5) is 52.4 Å². The van der Waals surface area contributed by atoms with Crippen molar-refractivity contribution in [2.75, 3.05) is 61.3 Å². The van der Waals surface area contributed by atoms with Crippen LogP contribution in [0.2, 0.25) is 0 Å². The van der Waals surface area contributed by atoms with Crippen LogP contribution in [0.15, 0.2) is 66.9 Å². The van der Waals surface area contributed by atoms with Gasteiger partial charge in [-0.2, -0.15) is 18.3 Å². The van der Waals surface area contributed by atoms with Crippen molar-refractivity contribution in [2.45, 2.75) is 38.0 Å². The van der Waals surface area contributed by atoms with Crippen LogP contribution in [0.25, 0.3) is 0 Å². The largest absolute Gasteiger partial charge is 0.494 e. The number of ether oxygens (including phenoxy) is 1. The van der Waals surface area contributed by atoms with Gasteiger partial charge < -0.3 is 25.6 Å². The van der Waals surface area contributed by atoms with E-state index in [1.807, 2.05) is 25.2 Å². The number of anilines is 6. The highest BCUT2D eigenvalue weighted by atomic mass is 19.4. The summed E-state index contributed by atoms with van der Waals surface area (Å²) in [6.07, 6.45) is -1.96. The molecule has 6 rings (SSSR count). The average Bonchev–Trinajstić information content (AvgIpc) is 3.15. The lowest BCUT2D eigenvalue weighted by Gasteiger charge is -2.38. The first-order chi connectivity index (χ1) is 25.4. The minimum absolute atomic E-state index is 0.139. The third kappa shape index (κ3) is 8.57. The summed E-state index contributed by atoms with van der Waals surface area (Å²) in [4.78, 5) is 45.8. The third-order valence-electron chi connectivity index (χ3n) is 9.23. The second-order valence-electron chi connectivity index (χ2n) is 12.6. The molecular weight excluding hydrogens is 693 g/mol. The summed E-state index contributed by atoms with van der Waals surface area (Å²) in [5.74, 6) is 0.265. The number of nitrogens with zero attached hydrogens (tertiary/aromatic N) is 6. The molecule has 4 aromatic rings. The Hall–Kier alpha value is -5.97. The highest BCUT2D eigenvalue weighted by Crippen LogP contribution is 2.39. The van der Waals surface area contributed by atoms with Gasteiger partial charge in [-0.1, -0.05) is 12.1 Å². The molecule has 0 saturated carbocycles. The van der Waals surface area contributed by atoms with Gasteiger partial charge in [-0.3, -0.25) is 24.7 Å². The van der Waals surface area contributed by atoms with Crippen molar-refractivity contribution in [1.29, 1.82) is 0 Å². The lowest BCUT2D eigenvalue weighted by atomic mass is 10.0. The molecule has 2 fully saturated rings. The van der Waals surface area contributed by atoms with E-state index in [4.69, 9.17) is 4.74 Å². The van der Waals surface area contributed by atoms with Gasteiger partial charge in [-0.05, 0) is 56.3 Å². The molecule has 0 unspecified atom stereocenters. The molecule has 4 amide bonds.